The number of rotatable bonds is 6. The van der Waals surface area contributed by atoms with E-state index in [4.69, 9.17) is 4.98 Å². The number of anilines is 1. The van der Waals surface area contributed by atoms with Crippen molar-refractivity contribution in [3.05, 3.63) is 94.2 Å². The lowest BCUT2D eigenvalue weighted by atomic mass is 10.1. The molecular weight excluding hydrogens is 468 g/mol. The van der Waals surface area contributed by atoms with Gasteiger partial charge in [0.2, 0.25) is 5.91 Å². The zero-order chi connectivity index (χ0) is 22.7. The number of hydrogen-bond acceptors (Lipinski definition) is 3. The van der Waals surface area contributed by atoms with Crippen LogP contribution < -0.4 is 10.6 Å². The van der Waals surface area contributed by atoms with E-state index in [9.17, 15) is 9.59 Å². The molecule has 0 radical (unpaired) electrons. The number of amides is 2. The zero-order valence-corrected chi connectivity index (χ0v) is 19.4. The molecule has 4 aromatic rings. The number of carbonyl (C=O) groups is 2. The van der Waals surface area contributed by atoms with E-state index in [1.807, 2.05) is 79.1 Å². The molecule has 162 valence electrons. The van der Waals surface area contributed by atoms with Crippen LogP contribution in [0.3, 0.4) is 0 Å². The first-order valence-electron chi connectivity index (χ1n) is 10.3. The number of nitrogens with one attached hydrogen (secondary N) is 2. The van der Waals surface area contributed by atoms with Gasteiger partial charge in [-0.15, -0.1) is 0 Å². The first kappa shape index (κ1) is 21.8. The van der Waals surface area contributed by atoms with E-state index in [0.29, 0.717) is 17.1 Å². The summed E-state index contributed by atoms with van der Waals surface area (Å²) in [6, 6.07) is 22.1. The maximum atomic E-state index is 12.8. The normalized spacial score (nSPS) is 11.8. The third kappa shape index (κ3) is 4.89. The topological polar surface area (TPSA) is 76.0 Å². The summed E-state index contributed by atoms with van der Waals surface area (Å²) in [5, 5.41) is 5.92. The van der Waals surface area contributed by atoms with Gasteiger partial charge in [0, 0.05) is 15.7 Å². The molecule has 0 bridgehead atoms. The Labute approximate surface area is 194 Å². The molecule has 6 nitrogen and oxygen atoms in total. The van der Waals surface area contributed by atoms with E-state index < -0.39 is 6.04 Å². The van der Waals surface area contributed by atoms with E-state index in [1.165, 1.54) is 0 Å². The second-order valence-electron chi connectivity index (χ2n) is 7.66. The monoisotopic (exact) mass is 490 g/mol. The summed E-state index contributed by atoms with van der Waals surface area (Å²) >= 11 is 3.42. The van der Waals surface area contributed by atoms with Crippen LogP contribution in [-0.2, 0) is 11.3 Å². The van der Waals surface area contributed by atoms with Crippen molar-refractivity contribution in [1.29, 1.82) is 0 Å². The number of carbonyl (C=O) groups excluding carboxylic acids is 2. The summed E-state index contributed by atoms with van der Waals surface area (Å²) < 4.78 is 2.74. The zero-order valence-electron chi connectivity index (χ0n) is 17.8. The predicted octanol–water partition coefficient (Wildman–Crippen LogP) is 5.24. The Morgan fingerprint density at radius 2 is 1.78 bits per heavy atom. The van der Waals surface area contributed by atoms with Gasteiger partial charge in [0.1, 0.15) is 12.4 Å². The van der Waals surface area contributed by atoms with Gasteiger partial charge in [-0.3, -0.25) is 9.59 Å². The van der Waals surface area contributed by atoms with Crippen LogP contribution in [0.4, 0.5) is 5.69 Å². The highest BCUT2D eigenvalue weighted by atomic mass is 79.9. The minimum absolute atomic E-state index is 0.0765. The third-order valence-corrected chi connectivity index (χ3v) is 5.64. The van der Waals surface area contributed by atoms with Crippen LogP contribution in [0.15, 0.2) is 77.3 Å². The molecule has 0 unspecified atom stereocenters. The Bertz CT molecular complexity index is 1280. The summed E-state index contributed by atoms with van der Waals surface area (Å²) in [6.07, 6.45) is 0. The van der Waals surface area contributed by atoms with E-state index in [1.54, 1.807) is 12.1 Å². The molecule has 2 amide bonds. The largest absolute Gasteiger partial charge is 0.342 e. The van der Waals surface area contributed by atoms with Crippen molar-refractivity contribution >= 4 is 44.5 Å². The van der Waals surface area contributed by atoms with Gasteiger partial charge in [-0.25, -0.2) is 4.98 Å². The van der Waals surface area contributed by atoms with E-state index >= 15 is 0 Å². The van der Waals surface area contributed by atoms with Gasteiger partial charge >= 0.3 is 0 Å². The summed E-state index contributed by atoms with van der Waals surface area (Å²) in [4.78, 5) is 30.3. The van der Waals surface area contributed by atoms with Crippen molar-refractivity contribution in [2.75, 3.05) is 5.32 Å². The van der Waals surface area contributed by atoms with Gasteiger partial charge < -0.3 is 15.2 Å². The molecule has 0 saturated heterocycles. The van der Waals surface area contributed by atoms with Crippen molar-refractivity contribution in [2.45, 2.75) is 26.4 Å². The van der Waals surface area contributed by atoms with Crippen LogP contribution in [-0.4, -0.2) is 21.4 Å². The average molecular weight is 491 g/mol. The smallest absolute Gasteiger partial charge is 0.251 e. The van der Waals surface area contributed by atoms with Crippen LogP contribution >= 0.6 is 15.9 Å². The lowest BCUT2D eigenvalue weighted by Crippen LogP contribution is -2.30. The molecule has 4 rings (SSSR count). The lowest BCUT2D eigenvalue weighted by molar-refractivity contribution is -0.116. The van der Waals surface area contributed by atoms with Crippen molar-refractivity contribution in [2.24, 2.45) is 0 Å². The number of halogens is 1. The molecule has 0 fully saturated rings. The van der Waals surface area contributed by atoms with Gasteiger partial charge in [0.15, 0.2) is 0 Å². The fourth-order valence-electron chi connectivity index (χ4n) is 3.55. The maximum Gasteiger partial charge on any atom is 0.251 e. The van der Waals surface area contributed by atoms with Crippen LogP contribution in [0.2, 0.25) is 0 Å². The number of aryl methyl sites for hydroxylation is 1. The maximum absolute atomic E-state index is 12.8. The van der Waals surface area contributed by atoms with Crippen LogP contribution in [0.25, 0.3) is 11.0 Å². The standard InChI is InChI=1S/C25H23BrN4O2/c1-16-10-12-18(13-11-16)25(32)27-17(2)24-29-21-8-3-4-9-22(21)30(24)15-23(31)28-20-7-5-6-19(26)14-20/h3-14,17H,15H2,1-2H3,(H,27,32)(H,28,31)/t17-/m0/s1. The summed E-state index contributed by atoms with van der Waals surface area (Å²) in [5.41, 5.74) is 3.99. The second-order valence-corrected chi connectivity index (χ2v) is 8.58. The Morgan fingerprint density at radius 3 is 2.53 bits per heavy atom. The average Bonchev–Trinajstić information content (AvgIpc) is 3.12. The molecule has 0 aliphatic carbocycles. The molecule has 0 spiro atoms. The van der Waals surface area contributed by atoms with Crippen molar-refractivity contribution < 1.29 is 9.59 Å². The molecule has 0 aliphatic rings. The summed E-state index contributed by atoms with van der Waals surface area (Å²) in [6.45, 7) is 3.93. The highest BCUT2D eigenvalue weighted by molar-refractivity contribution is 9.10. The highest BCUT2D eigenvalue weighted by Crippen LogP contribution is 2.22. The lowest BCUT2D eigenvalue weighted by Gasteiger charge is -2.16. The molecule has 1 heterocycles. The molecule has 3 aromatic carbocycles. The van der Waals surface area contributed by atoms with Crippen molar-refractivity contribution in [1.82, 2.24) is 14.9 Å². The third-order valence-electron chi connectivity index (χ3n) is 5.14. The molecule has 2 N–H and O–H groups in total. The number of benzene rings is 3. The van der Waals surface area contributed by atoms with E-state index in [2.05, 4.69) is 26.6 Å². The number of fused-ring (bicyclic) bond motifs is 1. The molecular formula is C25H23BrN4O2. The van der Waals surface area contributed by atoms with Gasteiger partial charge in [0.25, 0.3) is 5.91 Å². The number of para-hydroxylation sites is 2. The second kappa shape index (κ2) is 9.36. The van der Waals surface area contributed by atoms with Crippen molar-refractivity contribution in [3.8, 4) is 0 Å². The van der Waals surface area contributed by atoms with Gasteiger partial charge in [-0.1, -0.05) is 51.8 Å². The molecule has 1 aromatic heterocycles. The minimum atomic E-state index is -0.394. The Kier molecular flexibility index (Phi) is 6.37. The number of aromatic nitrogens is 2. The predicted molar refractivity (Wildman–Crippen MR) is 130 cm³/mol. The molecule has 32 heavy (non-hydrogen) atoms. The fraction of sp³-hybridized carbons (Fsp3) is 0.160. The number of imidazole rings is 1. The number of nitrogens with zero attached hydrogens (tertiary/aromatic N) is 2. The van der Waals surface area contributed by atoms with Gasteiger partial charge in [-0.2, -0.15) is 0 Å². The Balaban J connectivity index is 1.58. The molecule has 7 heteroatoms. The van der Waals surface area contributed by atoms with Crippen molar-refractivity contribution in [3.63, 3.8) is 0 Å². The SMILES string of the molecule is Cc1ccc(C(=O)N[C@@H](C)c2nc3ccccc3n2CC(=O)Nc2cccc(Br)c2)cc1. The number of hydrogen-bond donors (Lipinski definition) is 2. The first-order chi connectivity index (χ1) is 15.4. The molecule has 0 saturated carbocycles. The molecule has 1 atom stereocenters. The quantitative estimate of drug-likeness (QED) is 0.388. The van der Waals surface area contributed by atoms with Crippen LogP contribution in [0.5, 0.6) is 0 Å². The van der Waals surface area contributed by atoms with Crippen LogP contribution in [0, 0.1) is 6.92 Å². The Hall–Kier alpha value is -3.45. The van der Waals surface area contributed by atoms with Gasteiger partial charge in [-0.05, 0) is 56.3 Å². The Morgan fingerprint density at radius 1 is 1.03 bits per heavy atom. The van der Waals surface area contributed by atoms with E-state index in [0.717, 1.165) is 21.1 Å². The van der Waals surface area contributed by atoms with Gasteiger partial charge in [0.05, 0.1) is 17.1 Å². The molecule has 0 aliphatic heterocycles. The highest BCUT2D eigenvalue weighted by Gasteiger charge is 2.20. The minimum Gasteiger partial charge on any atom is -0.342 e. The summed E-state index contributed by atoms with van der Waals surface area (Å²) in [5.74, 6) is 0.260. The first-order valence-corrected chi connectivity index (χ1v) is 11.1. The van der Waals surface area contributed by atoms with E-state index in [-0.39, 0.29) is 18.4 Å². The fourth-order valence-corrected chi connectivity index (χ4v) is 3.95. The summed E-state index contributed by atoms with van der Waals surface area (Å²) in [7, 11) is 0. The van der Waals surface area contributed by atoms with Crippen LogP contribution in [0.1, 0.15) is 34.7 Å².